The molecule has 0 aromatic carbocycles. The lowest BCUT2D eigenvalue weighted by atomic mass is 9.83. The summed E-state index contributed by atoms with van der Waals surface area (Å²) in [6, 6.07) is 0.0266. The monoisotopic (exact) mass is 186 g/mol. The highest BCUT2D eigenvalue weighted by atomic mass is 19.1. The normalized spacial score (nSPS) is 55.4. The molecule has 2 aliphatic heterocycles. The molecule has 2 nitrogen and oxygen atoms in total. The summed E-state index contributed by atoms with van der Waals surface area (Å²) in [4.78, 5) is 0. The molecule has 2 bridgehead atoms. The Kier molecular flexibility index (Phi) is 1.93. The number of rotatable bonds is 1. The van der Waals surface area contributed by atoms with E-state index in [1.807, 2.05) is 14.0 Å². The standard InChI is InChI=1S/C10H19FN2/c1-9-4-5-10(2,13-9)8(11)7(6-9)12-3/h7-8,12-13H,4-6H2,1-3H3/t7-,8-,9-,10+/m1/s1. The first kappa shape index (κ1) is 9.41. The van der Waals surface area contributed by atoms with Gasteiger partial charge in [-0.25, -0.2) is 4.39 Å². The summed E-state index contributed by atoms with van der Waals surface area (Å²) in [6.45, 7) is 4.21. The average Bonchev–Trinajstić information content (AvgIpc) is 2.35. The number of fused-ring (bicyclic) bond motifs is 2. The van der Waals surface area contributed by atoms with Gasteiger partial charge in [0.15, 0.2) is 0 Å². The van der Waals surface area contributed by atoms with Crippen molar-refractivity contribution in [2.45, 2.75) is 56.4 Å². The zero-order chi connectivity index (χ0) is 9.69. The van der Waals surface area contributed by atoms with Crippen LogP contribution in [-0.4, -0.2) is 30.3 Å². The lowest BCUT2D eigenvalue weighted by Crippen LogP contribution is -2.65. The van der Waals surface area contributed by atoms with E-state index in [0.29, 0.717) is 0 Å². The summed E-state index contributed by atoms with van der Waals surface area (Å²) >= 11 is 0. The summed E-state index contributed by atoms with van der Waals surface area (Å²) in [5.41, 5.74) is -0.133. The Bertz CT molecular complexity index is 221. The molecule has 4 atom stereocenters. The van der Waals surface area contributed by atoms with Gasteiger partial charge in [-0.3, -0.25) is 0 Å². The number of halogens is 1. The van der Waals surface area contributed by atoms with Gasteiger partial charge in [-0.2, -0.15) is 0 Å². The van der Waals surface area contributed by atoms with Crippen LogP contribution in [0, 0.1) is 0 Å². The van der Waals surface area contributed by atoms with Crippen molar-refractivity contribution in [1.29, 1.82) is 0 Å². The van der Waals surface area contributed by atoms with Gasteiger partial charge in [-0.15, -0.1) is 0 Å². The molecule has 2 N–H and O–H groups in total. The molecule has 0 amide bonds. The Morgan fingerprint density at radius 2 is 2.08 bits per heavy atom. The minimum Gasteiger partial charge on any atom is -0.314 e. The van der Waals surface area contributed by atoms with E-state index in [9.17, 15) is 4.39 Å². The third-order valence-electron chi connectivity index (χ3n) is 3.79. The molecule has 0 radical (unpaired) electrons. The van der Waals surface area contributed by atoms with Crippen LogP contribution in [0.25, 0.3) is 0 Å². The molecule has 2 aliphatic rings. The summed E-state index contributed by atoms with van der Waals surface area (Å²) in [7, 11) is 1.86. The van der Waals surface area contributed by atoms with Gasteiger partial charge in [0, 0.05) is 17.1 Å². The van der Waals surface area contributed by atoms with Crippen LogP contribution < -0.4 is 10.6 Å². The van der Waals surface area contributed by atoms with E-state index in [4.69, 9.17) is 0 Å². The maximum absolute atomic E-state index is 14.0. The SMILES string of the molecule is CN[C@@H]1C[C@@]2(C)CC[C@](C)(N2)[C@@H]1F. The fourth-order valence-corrected chi connectivity index (χ4v) is 2.99. The van der Waals surface area contributed by atoms with E-state index in [1.165, 1.54) is 0 Å². The van der Waals surface area contributed by atoms with E-state index in [1.54, 1.807) is 0 Å². The van der Waals surface area contributed by atoms with Crippen molar-refractivity contribution in [3.05, 3.63) is 0 Å². The lowest BCUT2D eigenvalue weighted by molar-refractivity contribution is 0.0755. The minimum absolute atomic E-state index is 0.0266. The Hall–Kier alpha value is -0.150. The van der Waals surface area contributed by atoms with E-state index in [0.717, 1.165) is 19.3 Å². The van der Waals surface area contributed by atoms with Gasteiger partial charge in [0.05, 0.1) is 0 Å². The lowest BCUT2D eigenvalue weighted by Gasteiger charge is -2.44. The van der Waals surface area contributed by atoms with Crippen molar-refractivity contribution >= 4 is 0 Å². The van der Waals surface area contributed by atoms with Crippen molar-refractivity contribution in [1.82, 2.24) is 10.6 Å². The first-order valence-electron chi connectivity index (χ1n) is 5.10. The minimum atomic E-state index is -0.756. The zero-order valence-electron chi connectivity index (χ0n) is 8.65. The second-order valence-electron chi connectivity index (χ2n) is 5.10. The highest BCUT2D eigenvalue weighted by Crippen LogP contribution is 2.43. The molecule has 0 spiro atoms. The molecule has 0 aromatic heterocycles. The molecular formula is C10H19FN2. The predicted molar refractivity (Wildman–Crippen MR) is 51.5 cm³/mol. The smallest absolute Gasteiger partial charge is 0.133 e. The predicted octanol–water partition coefficient (Wildman–Crippen LogP) is 1.22. The molecule has 76 valence electrons. The molecule has 2 fully saturated rings. The highest BCUT2D eigenvalue weighted by molar-refractivity contribution is 5.14. The molecule has 3 heteroatoms. The molecule has 2 rings (SSSR count). The van der Waals surface area contributed by atoms with Crippen LogP contribution in [0.1, 0.15) is 33.1 Å². The Morgan fingerprint density at radius 3 is 2.69 bits per heavy atom. The number of hydrogen-bond donors (Lipinski definition) is 2. The number of hydrogen-bond acceptors (Lipinski definition) is 2. The van der Waals surface area contributed by atoms with Crippen LogP contribution in [0.15, 0.2) is 0 Å². The summed E-state index contributed by atoms with van der Waals surface area (Å²) in [5.74, 6) is 0. The Balaban J connectivity index is 2.24. The Morgan fingerprint density at radius 1 is 1.38 bits per heavy atom. The Labute approximate surface area is 79.3 Å². The molecule has 0 unspecified atom stereocenters. The number of piperidine rings is 1. The van der Waals surface area contributed by atoms with Gasteiger partial charge in [-0.1, -0.05) is 0 Å². The molecule has 0 aliphatic carbocycles. The topological polar surface area (TPSA) is 24.1 Å². The maximum Gasteiger partial charge on any atom is 0.133 e. The third-order valence-corrected chi connectivity index (χ3v) is 3.79. The molecule has 2 heterocycles. The zero-order valence-corrected chi connectivity index (χ0v) is 8.65. The van der Waals surface area contributed by atoms with Crippen molar-refractivity contribution in [2.75, 3.05) is 7.05 Å². The van der Waals surface area contributed by atoms with Crippen molar-refractivity contribution in [3.63, 3.8) is 0 Å². The van der Waals surface area contributed by atoms with Gasteiger partial charge in [-0.05, 0) is 40.2 Å². The van der Waals surface area contributed by atoms with Crippen molar-refractivity contribution < 1.29 is 4.39 Å². The van der Waals surface area contributed by atoms with Crippen LogP contribution in [0.2, 0.25) is 0 Å². The van der Waals surface area contributed by atoms with E-state index < -0.39 is 6.17 Å². The number of alkyl halides is 1. The summed E-state index contributed by atoms with van der Waals surface area (Å²) < 4.78 is 14.0. The quantitative estimate of drug-likeness (QED) is 0.643. The number of nitrogens with one attached hydrogen (secondary N) is 2. The largest absolute Gasteiger partial charge is 0.314 e. The second kappa shape index (κ2) is 2.67. The average molecular weight is 186 g/mol. The molecule has 0 saturated carbocycles. The van der Waals surface area contributed by atoms with Crippen LogP contribution in [-0.2, 0) is 0 Å². The van der Waals surface area contributed by atoms with Crippen LogP contribution in [0.5, 0.6) is 0 Å². The fraction of sp³-hybridized carbons (Fsp3) is 1.00. The van der Waals surface area contributed by atoms with Crippen molar-refractivity contribution in [2.24, 2.45) is 0 Å². The van der Waals surface area contributed by atoms with E-state index >= 15 is 0 Å². The van der Waals surface area contributed by atoms with Gasteiger partial charge in [0.1, 0.15) is 6.17 Å². The summed E-state index contributed by atoms with van der Waals surface area (Å²) in [5, 5.41) is 6.53. The van der Waals surface area contributed by atoms with Gasteiger partial charge < -0.3 is 10.6 Å². The fourth-order valence-electron chi connectivity index (χ4n) is 2.99. The van der Waals surface area contributed by atoms with E-state index in [-0.39, 0.29) is 17.1 Å². The molecule has 2 saturated heterocycles. The van der Waals surface area contributed by atoms with Crippen LogP contribution in [0.3, 0.4) is 0 Å². The first-order valence-corrected chi connectivity index (χ1v) is 5.10. The molecule has 0 aromatic rings. The summed E-state index contributed by atoms with van der Waals surface area (Å²) in [6.07, 6.45) is 2.21. The van der Waals surface area contributed by atoms with Crippen molar-refractivity contribution in [3.8, 4) is 0 Å². The molecular weight excluding hydrogens is 167 g/mol. The van der Waals surface area contributed by atoms with Crippen LogP contribution >= 0.6 is 0 Å². The highest BCUT2D eigenvalue weighted by Gasteiger charge is 2.54. The molecule has 13 heavy (non-hydrogen) atoms. The third kappa shape index (κ3) is 1.29. The van der Waals surface area contributed by atoms with E-state index in [2.05, 4.69) is 17.6 Å². The first-order chi connectivity index (χ1) is 5.99. The van der Waals surface area contributed by atoms with Gasteiger partial charge >= 0.3 is 0 Å². The van der Waals surface area contributed by atoms with Gasteiger partial charge in [0.25, 0.3) is 0 Å². The second-order valence-corrected chi connectivity index (χ2v) is 5.10. The van der Waals surface area contributed by atoms with Gasteiger partial charge in [0.2, 0.25) is 0 Å². The maximum atomic E-state index is 14.0. The van der Waals surface area contributed by atoms with Crippen LogP contribution in [0.4, 0.5) is 4.39 Å².